The van der Waals surface area contributed by atoms with Gasteiger partial charge in [-0.3, -0.25) is 0 Å². The van der Waals surface area contributed by atoms with E-state index in [9.17, 15) is 15.0 Å². The second kappa shape index (κ2) is 11.4. The maximum Gasteiger partial charge on any atom is 0.338 e. The van der Waals surface area contributed by atoms with Gasteiger partial charge in [-0.1, -0.05) is 0 Å². The Morgan fingerprint density at radius 2 is 1.36 bits per heavy atom. The summed E-state index contributed by atoms with van der Waals surface area (Å²) in [6.07, 6.45) is -1.63. The molecule has 0 fully saturated rings. The van der Waals surface area contributed by atoms with E-state index >= 15 is 0 Å². The van der Waals surface area contributed by atoms with Gasteiger partial charge in [0, 0.05) is 29.7 Å². The summed E-state index contributed by atoms with van der Waals surface area (Å²) in [6.45, 7) is 0. The predicted molar refractivity (Wildman–Crippen MR) is 138 cm³/mol. The minimum absolute atomic E-state index is 0.0393. The molecule has 0 aromatic heterocycles. The zero-order chi connectivity index (χ0) is 28.3. The molecule has 0 bridgehead atoms. The summed E-state index contributed by atoms with van der Waals surface area (Å²) in [6, 6.07) is 9.18. The van der Waals surface area contributed by atoms with Crippen LogP contribution in [0.4, 0.5) is 0 Å². The number of hydrogen-bond acceptors (Lipinski definition) is 11. The maximum absolute atomic E-state index is 13.4. The average Bonchev–Trinajstić information content (AvgIpc) is 2.96. The summed E-state index contributed by atoms with van der Waals surface area (Å²) in [5, 5.41) is 20.9. The van der Waals surface area contributed by atoms with E-state index in [1.807, 2.05) is 0 Å². The van der Waals surface area contributed by atoms with Gasteiger partial charge >= 0.3 is 5.97 Å². The van der Waals surface area contributed by atoms with Crippen molar-refractivity contribution in [2.75, 3.05) is 42.7 Å². The van der Waals surface area contributed by atoms with Gasteiger partial charge in [0.25, 0.3) is 0 Å². The Kier molecular flexibility index (Phi) is 7.99. The van der Waals surface area contributed by atoms with Gasteiger partial charge in [-0.25, -0.2) is 4.79 Å². The van der Waals surface area contributed by atoms with Gasteiger partial charge in [-0.15, -0.1) is 0 Å². The number of carbonyl (C=O) groups excluding carboxylic acids is 1. The second-order valence-corrected chi connectivity index (χ2v) is 8.50. The van der Waals surface area contributed by atoms with Crippen LogP contribution in [0, 0.1) is 0 Å². The van der Waals surface area contributed by atoms with E-state index in [0.29, 0.717) is 39.9 Å². The van der Waals surface area contributed by atoms with E-state index in [-0.39, 0.29) is 35.0 Å². The van der Waals surface area contributed by atoms with E-state index in [1.54, 1.807) is 18.2 Å². The van der Waals surface area contributed by atoms with Crippen molar-refractivity contribution in [1.82, 2.24) is 0 Å². The van der Waals surface area contributed by atoms with Crippen molar-refractivity contribution < 1.29 is 52.9 Å². The number of fused-ring (bicyclic) bond motifs is 1. The molecule has 3 aromatic carbocycles. The number of phenols is 2. The van der Waals surface area contributed by atoms with Gasteiger partial charge in [-0.05, 0) is 24.3 Å². The molecule has 0 radical (unpaired) electrons. The van der Waals surface area contributed by atoms with E-state index in [2.05, 4.69) is 0 Å². The highest BCUT2D eigenvalue weighted by atomic mass is 16.6. The molecule has 0 spiro atoms. The normalized spacial score (nSPS) is 15.8. The first-order valence-corrected chi connectivity index (χ1v) is 11.8. The summed E-state index contributed by atoms with van der Waals surface area (Å²) in [5.74, 6) is 0.947. The van der Waals surface area contributed by atoms with E-state index < -0.39 is 18.2 Å². The summed E-state index contributed by atoms with van der Waals surface area (Å²) in [5.41, 5.74) is 1.09. The largest absolute Gasteiger partial charge is 0.507 e. The average molecular weight is 543 g/mol. The van der Waals surface area contributed by atoms with Crippen LogP contribution in [0.2, 0.25) is 0 Å². The fourth-order valence-corrected chi connectivity index (χ4v) is 4.42. The van der Waals surface area contributed by atoms with Gasteiger partial charge in [0.2, 0.25) is 11.5 Å². The number of ether oxygens (including phenoxy) is 8. The standard InChI is InChI=1S/C28H30O11/c1-32-16-11-18(29)17-13-24(39-28(31)15-9-20(33-2)25(30)21(10-15)34-3)26(38-19(17)12-16)14-7-22(35-4)27(37-6)23(8-14)36-5/h7-12,24,26,29-30H,13H2,1-6H3. The van der Waals surface area contributed by atoms with Crippen molar-refractivity contribution in [3.8, 4) is 51.7 Å². The van der Waals surface area contributed by atoms with Crippen LogP contribution in [0.15, 0.2) is 36.4 Å². The lowest BCUT2D eigenvalue weighted by Crippen LogP contribution is -2.35. The molecule has 0 amide bonds. The summed E-state index contributed by atoms with van der Waals surface area (Å²) in [7, 11) is 8.66. The van der Waals surface area contributed by atoms with Gasteiger partial charge < -0.3 is 48.1 Å². The fraction of sp³-hybridized carbons (Fsp3) is 0.321. The number of methoxy groups -OCH3 is 6. The first-order valence-electron chi connectivity index (χ1n) is 11.8. The highest BCUT2D eigenvalue weighted by molar-refractivity contribution is 5.91. The lowest BCUT2D eigenvalue weighted by atomic mass is 9.93. The minimum atomic E-state index is -0.905. The molecule has 0 saturated carbocycles. The smallest absolute Gasteiger partial charge is 0.338 e. The van der Waals surface area contributed by atoms with Crippen LogP contribution in [0.1, 0.15) is 27.6 Å². The molecule has 39 heavy (non-hydrogen) atoms. The predicted octanol–water partition coefficient (Wildman–Crippen LogP) is 4.05. The fourth-order valence-electron chi connectivity index (χ4n) is 4.42. The Hall–Kier alpha value is -4.67. The lowest BCUT2D eigenvalue weighted by Gasteiger charge is -2.34. The Labute approximate surface area is 225 Å². The Bertz CT molecular complexity index is 1320. The van der Waals surface area contributed by atoms with Gasteiger partial charge in [0.1, 0.15) is 23.4 Å². The van der Waals surface area contributed by atoms with Crippen LogP contribution in [-0.2, 0) is 11.2 Å². The summed E-state index contributed by atoms with van der Waals surface area (Å²) < 4.78 is 44.3. The minimum Gasteiger partial charge on any atom is -0.507 e. The molecule has 0 saturated heterocycles. The van der Waals surface area contributed by atoms with Crippen molar-refractivity contribution in [3.63, 3.8) is 0 Å². The third kappa shape index (κ3) is 5.20. The molecule has 11 nitrogen and oxygen atoms in total. The summed E-state index contributed by atoms with van der Waals surface area (Å²) in [4.78, 5) is 13.4. The van der Waals surface area contributed by atoms with Crippen LogP contribution in [0.3, 0.4) is 0 Å². The van der Waals surface area contributed by atoms with Crippen LogP contribution in [0.25, 0.3) is 0 Å². The molecular formula is C28H30O11. The SMILES string of the molecule is COc1cc(O)c2c(c1)OC(c1cc(OC)c(OC)c(OC)c1)C(OC(=O)c1cc(OC)c(O)c(OC)c1)C2. The molecule has 4 rings (SSSR count). The molecule has 2 unspecified atom stereocenters. The molecule has 1 aliphatic heterocycles. The topological polar surface area (TPSA) is 131 Å². The van der Waals surface area contributed by atoms with Gasteiger partial charge in [0.05, 0.1) is 48.2 Å². The van der Waals surface area contributed by atoms with E-state index in [1.165, 1.54) is 60.9 Å². The van der Waals surface area contributed by atoms with Gasteiger partial charge in [-0.2, -0.15) is 0 Å². The highest BCUT2D eigenvalue weighted by Crippen LogP contribution is 2.47. The van der Waals surface area contributed by atoms with Crippen molar-refractivity contribution in [2.45, 2.75) is 18.6 Å². The number of phenolic OH excluding ortho intramolecular Hbond substituents is 2. The number of hydrogen-bond donors (Lipinski definition) is 2. The molecular weight excluding hydrogens is 512 g/mol. The number of benzene rings is 3. The van der Waals surface area contributed by atoms with Crippen molar-refractivity contribution in [1.29, 1.82) is 0 Å². The summed E-state index contributed by atoms with van der Waals surface area (Å²) >= 11 is 0. The number of rotatable bonds is 9. The zero-order valence-electron chi connectivity index (χ0n) is 22.4. The van der Waals surface area contributed by atoms with Crippen LogP contribution in [0.5, 0.6) is 51.7 Å². The maximum atomic E-state index is 13.4. The monoisotopic (exact) mass is 542 g/mol. The highest BCUT2D eigenvalue weighted by Gasteiger charge is 2.38. The van der Waals surface area contributed by atoms with Crippen LogP contribution >= 0.6 is 0 Å². The van der Waals surface area contributed by atoms with Gasteiger partial charge in [0.15, 0.2) is 29.1 Å². The van der Waals surface area contributed by atoms with Crippen molar-refractivity contribution in [2.24, 2.45) is 0 Å². The quantitative estimate of drug-likeness (QED) is 0.380. The number of carbonyl (C=O) groups is 1. The second-order valence-electron chi connectivity index (χ2n) is 8.50. The van der Waals surface area contributed by atoms with E-state index in [0.717, 1.165) is 0 Å². The molecule has 3 aromatic rings. The molecule has 2 atom stereocenters. The van der Waals surface area contributed by atoms with Crippen LogP contribution in [-0.4, -0.2) is 64.9 Å². The molecule has 208 valence electrons. The molecule has 2 N–H and O–H groups in total. The van der Waals surface area contributed by atoms with Crippen LogP contribution < -0.4 is 33.2 Å². The molecule has 0 aliphatic carbocycles. The third-order valence-corrected chi connectivity index (χ3v) is 6.38. The Morgan fingerprint density at radius 3 is 1.87 bits per heavy atom. The number of esters is 1. The van der Waals surface area contributed by atoms with Crippen molar-refractivity contribution in [3.05, 3.63) is 53.1 Å². The zero-order valence-corrected chi connectivity index (χ0v) is 22.4. The lowest BCUT2D eigenvalue weighted by molar-refractivity contribution is -0.0189. The molecule has 1 heterocycles. The molecule has 11 heteroatoms. The third-order valence-electron chi connectivity index (χ3n) is 6.38. The van der Waals surface area contributed by atoms with E-state index in [4.69, 9.17) is 37.9 Å². The number of aromatic hydroxyl groups is 2. The Morgan fingerprint density at radius 1 is 0.769 bits per heavy atom. The molecule has 1 aliphatic rings. The first-order chi connectivity index (χ1) is 18.8. The Balaban J connectivity index is 1.79. The van der Waals surface area contributed by atoms with Crippen molar-refractivity contribution >= 4 is 5.97 Å². The first kappa shape index (κ1) is 27.4.